The van der Waals surface area contributed by atoms with Crippen LogP contribution in [-0.4, -0.2) is 37.6 Å². The highest BCUT2D eigenvalue weighted by molar-refractivity contribution is 9.10. The minimum Gasteiger partial charge on any atom is -0.368 e. The average Bonchev–Trinajstić information content (AvgIpc) is 2.31. The van der Waals surface area contributed by atoms with Crippen LogP contribution >= 0.6 is 15.9 Å². The lowest BCUT2D eigenvalue weighted by Crippen LogP contribution is -2.46. The zero-order chi connectivity index (χ0) is 12.3. The van der Waals surface area contributed by atoms with E-state index in [0.29, 0.717) is 0 Å². The summed E-state index contributed by atoms with van der Waals surface area (Å²) < 4.78 is 13.9. The van der Waals surface area contributed by atoms with E-state index in [1.165, 1.54) is 12.1 Å². The highest BCUT2D eigenvalue weighted by Crippen LogP contribution is 2.27. The zero-order valence-corrected chi connectivity index (χ0v) is 11.6. The Hall–Kier alpha value is -0.610. The molecule has 2 rings (SSSR count). The molecule has 0 unspecified atom stereocenters. The molecular formula is C13H17BrFN2. The van der Waals surface area contributed by atoms with Gasteiger partial charge in [-0.2, -0.15) is 0 Å². The fraction of sp³-hybridized carbons (Fsp3) is 0.462. The lowest BCUT2D eigenvalue weighted by atomic mass is 10.2. The minimum atomic E-state index is -0.195. The van der Waals surface area contributed by atoms with Crippen LogP contribution in [0.15, 0.2) is 22.7 Å². The van der Waals surface area contributed by atoms with E-state index in [9.17, 15) is 4.39 Å². The molecule has 0 atom stereocenters. The maximum atomic E-state index is 13.0. The fourth-order valence-electron chi connectivity index (χ4n) is 2.17. The Bertz CT molecular complexity index is 376. The number of benzene rings is 1. The van der Waals surface area contributed by atoms with Gasteiger partial charge in [0.25, 0.3) is 0 Å². The molecule has 0 aromatic heterocycles. The second-order valence-electron chi connectivity index (χ2n) is 4.29. The topological polar surface area (TPSA) is 6.48 Å². The van der Waals surface area contributed by atoms with Gasteiger partial charge in [0.2, 0.25) is 0 Å². The van der Waals surface area contributed by atoms with Crippen molar-refractivity contribution in [3.63, 3.8) is 0 Å². The lowest BCUT2D eigenvalue weighted by Gasteiger charge is -2.36. The second-order valence-corrected chi connectivity index (χ2v) is 5.15. The van der Waals surface area contributed by atoms with Crippen molar-refractivity contribution < 1.29 is 4.39 Å². The maximum Gasteiger partial charge on any atom is 0.124 e. The van der Waals surface area contributed by atoms with Crippen molar-refractivity contribution in [2.24, 2.45) is 0 Å². The van der Waals surface area contributed by atoms with Crippen molar-refractivity contribution in [1.29, 1.82) is 0 Å². The van der Waals surface area contributed by atoms with Crippen molar-refractivity contribution in [2.75, 3.05) is 37.6 Å². The summed E-state index contributed by atoms with van der Waals surface area (Å²) in [4.78, 5) is 4.73. The summed E-state index contributed by atoms with van der Waals surface area (Å²) in [5.74, 6) is -0.195. The smallest absolute Gasteiger partial charge is 0.124 e. The molecule has 1 aromatic rings. The van der Waals surface area contributed by atoms with Crippen LogP contribution in [-0.2, 0) is 0 Å². The lowest BCUT2D eigenvalue weighted by molar-refractivity contribution is 0.276. The number of hydrogen-bond donors (Lipinski definition) is 0. The van der Waals surface area contributed by atoms with Crippen LogP contribution < -0.4 is 4.90 Å². The first kappa shape index (κ1) is 12.8. The first-order chi connectivity index (χ1) is 8.20. The van der Waals surface area contributed by atoms with Crippen molar-refractivity contribution in [1.82, 2.24) is 4.90 Å². The van der Waals surface area contributed by atoms with E-state index in [-0.39, 0.29) is 5.82 Å². The third-order valence-electron chi connectivity index (χ3n) is 3.06. The molecule has 1 radical (unpaired) electrons. The maximum absolute atomic E-state index is 13.0. The Kier molecular flexibility index (Phi) is 4.40. The van der Waals surface area contributed by atoms with Gasteiger partial charge < -0.3 is 4.90 Å². The van der Waals surface area contributed by atoms with Gasteiger partial charge in [-0.1, -0.05) is 6.92 Å². The Morgan fingerprint density at radius 2 is 2.00 bits per heavy atom. The quantitative estimate of drug-likeness (QED) is 0.847. The molecule has 1 fully saturated rings. The van der Waals surface area contributed by atoms with E-state index in [1.54, 1.807) is 0 Å². The summed E-state index contributed by atoms with van der Waals surface area (Å²) in [5.41, 5.74) is 1.09. The van der Waals surface area contributed by atoms with Gasteiger partial charge in [-0.3, -0.25) is 4.90 Å². The third-order valence-corrected chi connectivity index (χ3v) is 3.70. The molecule has 4 heteroatoms. The molecular weight excluding hydrogens is 283 g/mol. The molecule has 1 aromatic carbocycles. The van der Waals surface area contributed by atoms with Gasteiger partial charge in [0, 0.05) is 37.2 Å². The summed E-state index contributed by atoms with van der Waals surface area (Å²) in [6, 6.07) is 4.90. The van der Waals surface area contributed by atoms with Crippen LogP contribution in [0.3, 0.4) is 0 Å². The van der Waals surface area contributed by atoms with Crippen LogP contribution in [0.4, 0.5) is 10.1 Å². The fourth-order valence-corrected chi connectivity index (χ4v) is 2.77. The van der Waals surface area contributed by atoms with Crippen LogP contribution in [0.25, 0.3) is 0 Å². The summed E-state index contributed by atoms with van der Waals surface area (Å²) in [6.45, 7) is 7.26. The van der Waals surface area contributed by atoms with Gasteiger partial charge >= 0.3 is 0 Å². The van der Waals surface area contributed by atoms with E-state index < -0.39 is 0 Å². The molecule has 0 spiro atoms. The zero-order valence-electron chi connectivity index (χ0n) is 10.00. The minimum absolute atomic E-state index is 0.195. The standard InChI is InChI=1S/C13H17BrFN2/c1-2-5-16-6-8-17(9-7-16)13-4-3-11(15)10-12(13)14/h2-4,10H,5-9H2,1H3. The highest BCUT2D eigenvalue weighted by atomic mass is 79.9. The molecule has 2 nitrogen and oxygen atoms in total. The van der Waals surface area contributed by atoms with Crippen molar-refractivity contribution in [3.05, 3.63) is 34.9 Å². The number of nitrogens with zero attached hydrogens (tertiary/aromatic N) is 2. The van der Waals surface area contributed by atoms with Crippen molar-refractivity contribution in [3.8, 4) is 0 Å². The van der Waals surface area contributed by atoms with Crippen LogP contribution in [0.5, 0.6) is 0 Å². The monoisotopic (exact) mass is 299 g/mol. The summed E-state index contributed by atoms with van der Waals surface area (Å²) >= 11 is 3.43. The SMILES string of the molecule is C[CH]CN1CCN(c2ccc(F)cc2Br)CC1. The van der Waals surface area contributed by atoms with E-state index in [4.69, 9.17) is 0 Å². The van der Waals surface area contributed by atoms with Gasteiger partial charge in [-0.15, -0.1) is 0 Å². The van der Waals surface area contributed by atoms with Crippen LogP contribution in [0, 0.1) is 12.2 Å². The van der Waals surface area contributed by atoms with E-state index in [2.05, 4.69) is 39.1 Å². The largest absolute Gasteiger partial charge is 0.368 e. The molecule has 93 valence electrons. The van der Waals surface area contributed by atoms with E-state index in [0.717, 1.165) is 42.9 Å². The van der Waals surface area contributed by atoms with Crippen molar-refractivity contribution >= 4 is 21.6 Å². The average molecular weight is 300 g/mol. The molecule has 0 amide bonds. The normalized spacial score (nSPS) is 17.5. The molecule has 0 N–H and O–H groups in total. The number of halogens is 2. The summed E-state index contributed by atoms with van der Waals surface area (Å²) in [6.07, 6.45) is 2.18. The predicted molar refractivity (Wildman–Crippen MR) is 72.7 cm³/mol. The molecule has 1 saturated heterocycles. The van der Waals surface area contributed by atoms with E-state index >= 15 is 0 Å². The molecule has 1 aliphatic rings. The molecule has 1 heterocycles. The number of rotatable bonds is 3. The number of piperazine rings is 1. The van der Waals surface area contributed by atoms with Crippen LogP contribution in [0.2, 0.25) is 0 Å². The van der Waals surface area contributed by atoms with Gasteiger partial charge in [0.1, 0.15) is 5.82 Å². The summed E-state index contributed by atoms with van der Waals surface area (Å²) in [7, 11) is 0. The Morgan fingerprint density at radius 1 is 1.29 bits per heavy atom. The molecule has 0 aliphatic carbocycles. The second kappa shape index (κ2) is 5.83. The van der Waals surface area contributed by atoms with Gasteiger partial charge in [-0.05, 0) is 40.5 Å². The van der Waals surface area contributed by atoms with Crippen molar-refractivity contribution in [2.45, 2.75) is 6.92 Å². The summed E-state index contributed by atoms with van der Waals surface area (Å²) in [5, 5.41) is 0. The van der Waals surface area contributed by atoms with Gasteiger partial charge in [0.15, 0.2) is 0 Å². The number of hydrogen-bond acceptors (Lipinski definition) is 2. The third kappa shape index (κ3) is 3.19. The van der Waals surface area contributed by atoms with Gasteiger partial charge in [0.05, 0.1) is 5.69 Å². The molecule has 17 heavy (non-hydrogen) atoms. The molecule has 1 aliphatic heterocycles. The number of anilines is 1. The Labute approximate surface area is 111 Å². The Morgan fingerprint density at radius 3 is 2.59 bits per heavy atom. The Balaban J connectivity index is 2.00. The first-order valence-electron chi connectivity index (χ1n) is 5.91. The van der Waals surface area contributed by atoms with Gasteiger partial charge in [-0.25, -0.2) is 4.39 Å². The first-order valence-corrected chi connectivity index (χ1v) is 6.70. The predicted octanol–water partition coefficient (Wildman–Crippen LogP) is 2.93. The molecule has 0 saturated carbocycles. The highest BCUT2D eigenvalue weighted by Gasteiger charge is 2.18. The van der Waals surface area contributed by atoms with E-state index in [1.807, 2.05) is 6.07 Å². The van der Waals surface area contributed by atoms with Crippen LogP contribution in [0.1, 0.15) is 6.92 Å². The molecule has 0 bridgehead atoms.